The van der Waals surface area contributed by atoms with Crippen LogP contribution in [0.3, 0.4) is 0 Å². The van der Waals surface area contributed by atoms with Crippen molar-refractivity contribution < 1.29 is 4.74 Å². The van der Waals surface area contributed by atoms with Crippen molar-refractivity contribution >= 4 is 34.6 Å². The molecular weight excluding hydrogens is 244 g/mol. The third-order valence-electron chi connectivity index (χ3n) is 1.88. The fraction of sp³-hybridized carbons (Fsp3) is 0.364. The first-order valence-corrected chi connectivity index (χ1v) is 5.72. The van der Waals surface area contributed by atoms with Crippen molar-refractivity contribution in [3.05, 3.63) is 29.3 Å². The van der Waals surface area contributed by atoms with Gasteiger partial charge in [0, 0.05) is 23.9 Å². The van der Waals surface area contributed by atoms with E-state index in [1.807, 2.05) is 31.2 Å². The molecule has 1 rings (SSSR count). The lowest BCUT2D eigenvalue weighted by Gasteiger charge is -2.16. The van der Waals surface area contributed by atoms with Crippen molar-refractivity contribution in [1.82, 2.24) is 5.32 Å². The predicted octanol–water partition coefficient (Wildman–Crippen LogP) is 2.66. The minimum Gasteiger partial charge on any atom is -0.383 e. The molecule has 0 aromatic heterocycles. The van der Waals surface area contributed by atoms with Crippen LogP contribution < -0.4 is 10.6 Å². The SMILES string of the molecule is COCC(C)NC(=S)Nc1cccc(Cl)c1. The van der Waals surface area contributed by atoms with Crippen molar-refractivity contribution in [3.63, 3.8) is 0 Å². The Kier molecular flexibility index (Phi) is 5.52. The molecule has 1 aromatic rings. The third-order valence-corrected chi connectivity index (χ3v) is 2.33. The van der Waals surface area contributed by atoms with Gasteiger partial charge in [-0.25, -0.2) is 0 Å². The molecule has 5 heteroatoms. The first-order chi connectivity index (χ1) is 7.61. The quantitative estimate of drug-likeness (QED) is 0.814. The fourth-order valence-corrected chi connectivity index (χ4v) is 1.76. The van der Waals surface area contributed by atoms with Gasteiger partial charge in [0.25, 0.3) is 0 Å². The molecule has 0 aliphatic rings. The van der Waals surface area contributed by atoms with Gasteiger partial charge in [0.05, 0.1) is 6.61 Å². The van der Waals surface area contributed by atoms with Crippen molar-refractivity contribution in [3.8, 4) is 0 Å². The number of hydrogen-bond acceptors (Lipinski definition) is 2. The van der Waals surface area contributed by atoms with E-state index in [1.165, 1.54) is 0 Å². The summed E-state index contributed by atoms with van der Waals surface area (Å²) >= 11 is 11.0. The molecule has 0 aliphatic heterocycles. The molecule has 2 N–H and O–H groups in total. The Morgan fingerprint density at radius 2 is 2.31 bits per heavy atom. The van der Waals surface area contributed by atoms with Crippen LogP contribution in [0.15, 0.2) is 24.3 Å². The number of nitrogens with one attached hydrogen (secondary N) is 2. The molecule has 0 aliphatic carbocycles. The molecule has 1 unspecified atom stereocenters. The Morgan fingerprint density at radius 3 is 2.94 bits per heavy atom. The van der Waals surface area contributed by atoms with Crippen LogP contribution in [0, 0.1) is 0 Å². The second kappa shape index (κ2) is 6.68. The van der Waals surface area contributed by atoms with Crippen LogP contribution in [0.5, 0.6) is 0 Å². The van der Waals surface area contributed by atoms with Gasteiger partial charge >= 0.3 is 0 Å². The van der Waals surface area contributed by atoms with Crippen molar-refractivity contribution in [1.29, 1.82) is 0 Å². The van der Waals surface area contributed by atoms with Gasteiger partial charge in [0.2, 0.25) is 0 Å². The number of hydrogen-bond donors (Lipinski definition) is 2. The molecule has 0 saturated heterocycles. The fourth-order valence-electron chi connectivity index (χ4n) is 1.25. The molecule has 0 radical (unpaired) electrons. The topological polar surface area (TPSA) is 33.3 Å². The maximum Gasteiger partial charge on any atom is 0.171 e. The monoisotopic (exact) mass is 258 g/mol. The summed E-state index contributed by atoms with van der Waals surface area (Å²) in [6.07, 6.45) is 0. The second-order valence-electron chi connectivity index (χ2n) is 3.47. The molecule has 1 aromatic carbocycles. The Balaban J connectivity index is 2.45. The van der Waals surface area contributed by atoms with E-state index in [0.717, 1.165) is 5.69 Å². The molecule has 0 spiro atoms. The number of rotatable bonds is 4. The van der Waals surface area contributed by atoms with E-state index in [9.17, 15) is 0 Å². The summed E-state index contributed by atoms with van der Waals surface area (Å²) in [5.41, 5.74) is 0.870. The van der Waals surface area contributed by atoms with E-state index in [-0.39, 0.29) is 6.04 Å². The normalized spacial score (nSPS) is 11.9. The van der Waals surface area contributed by atoms with Gasteiger partial charge in [-0.2, -0.15) is 0 Å². The molecule has 3 nitrogen and oxygen atoms in total. The van der Waals surface area contributed by atoms with Gasteiger partial charge in [-0.05, 0) is 37.3 Å². The third kappa shape index (κ3) is 4.79. The number of halogens is 1. The highest BCUT2D eigenvalue weighted by Crippen LogP contribution is 2.14. The van der Waals surface area contributed by atoms with E-state index in [1.54, 1.807) is 7.11 Å². The minimum absolute atomic E-state index is 0.171. The van der Waals surface area contributed by atoms with Crippen LogP contribution in [-0.2, 0) is 4.74 Å². The molecule has 88 valence electrons. The van der Waals surface area contributed by atoms with E-state index in [2.05, 4.69) is 10.6 Å². The number of ether oxygens (including phenoxy) is 1. The molecule has 16 heavy (non-hydrogen) atoms. The van der Waals surface area contributed by atoms with E-state index < -0.39 is 0 Å². The summed E-state index contributed by atoms with van der Waals surface area (Å²) in [5.74, 6) is 0. The Hall–Kier alpha value is -0.840. The zero-order valence-corrected chi connectivity index (χ0v) is 10.9. The van der Waals surface area contributed by atoms with E-state index in [4.69, 9.17) is 28.6 Å². The number of benzene rings is 1. The molecule has 1 atom stereocenters. The maximum absolute atomic E-state index is 5.86. The summed E-state index contributed by atoms with van der Waals surface area (Å²) in [5, 5.41) is 7.39. The standard InChI is InChI=1S/C11H15ClN2OS/c1-8(7-15-2)13-11(16)14-10-5-3-4-9(12)6-10/h3-6,8H,7H2,1-2H3,(H2,13,14,16). The van der Waals surface area contributed by atoms with Crippen LogP contribution in [0.1, 0.15) is 6.92 Å². The van der Waals surface area contributed by atoms with Gasteiger partial charge < -0.3 is 15.4 Å². The smallest absolute Gasteiger partial charge is 0.171 e. The van der Waals surface area contributed by atoms with Crippen molar-refractivity contribution in [2.24, 2.45) is 0 Å². The predicted molar refractivity (Wildman–Crippen MR) is 72.1 cm³/mol. The zero-order valence-electron chi connectivity index (χ0n) is 9.29. The second-order valence-corrected chi connectivity index (χ2v) is 4.31. The van der Waals surface area contributed by atoms with Crippen LogP contribution in [0.2, 0.25) is 5.02 Å². The lowest BCUT2D eigenvalue weighted by molar-refractivity contribution is 0.179. The first-order valence-electron chi connectivity index (χ1n) is 4.94. The van der Waals surface area contributed by atoms with Crippen LogP contribution in [0.25, 0.3) is 0 Å². The van der Waals surface area contributed by atoms with Gasteiger partial charge in [0.15, 0.2) is 5.11 Å². The number of methoxy groups -OCH3 is 1. The summed E-state index contributed by atoms with van der Waals surface area (Å²) in [4.78, 5) is 0. The largest absolute Gasteiger partial charge is 0.383 e. The van der Waals surface area contributed by atoms with Crippen LogP contribution >= 0.6 is 23.8 Å². The van der Waals surface area contributed by atoms with E-state index >= 15 is 0 Å². The maximum atomic E-state index is 5.86. The minimum atomic E-state index is 0.171. The summed E-state index contributed by atoms with van der Waals surface area (Å²) in [6, 6.07) is 7.57. The zero-order chi connectivity index (χ0) is 12.0. The van der Waals surface area contributed by atoms with Crippen LogP contribution in [0.4, 0.5) is 5.69 Å². The first kappa shape index (κ1) is 13.2. The molecule has 0 saturated carbocycles. The molecular formula is C11H15ClN2OS. The van der Waals surface area contributed by atoms with Gasteiger partial charge in [-0.3, -0.25) is 0 Å². The van der Waals surface area contributed by atoms with Crippen molar-refractivity contribution in [2.45, 2.75) is 13.0 Å². The summed E-state index contributed by atoms with van der Waals surface area (Å²) in [7, 11) is 1.66. The van der Waals surface area contributed by atoms with Crippen molar-refractivity contribution in [2.75, 3.05) is 19.0 Å². The molecule has 0 bridgehead atoms. The van der Waals surface area contributed by atoms with Gasteiger partial charge in [-0.15, -0.1) is 0 Å². The Morgan fingerprint density at radius 1 is 1.56 bits per heavy atom. The Bertz CT molecular complexity index is 360. The average Bonchev–Trinajstić information content (AvgIpc) is 2.17. The van der Waals surface area contributed by atoms with Crippen LogP contribution in [-0.4, -0.2) is 24.9 Å². The van der Waals surface area contributed by atoms with Gasteiger partial charge in [0.1, 0.15) is 0 Å². The Labute approximate surface area is 106 Å². The summed E-state index contributed by atoms with van der Waals surface area (Å²) < 4.78 is 5.00. The van der Waals surface area contributed by atoms with Gasteiger partial charge in [-0.1, -0.05) is 17.7 Å². The summed E-state index contributed by atoms with van der Waals surface area (Å²) in [6.45, 7) is 2.60. The molecule has 0 amide bonds. The molecule has 0 fully saturated rings. The highest BCUT2D eigenvalue weighted by molar-refractivity contribution is 7.80. The number of thiocarbonyl (C=S) groups is 1. The lowest BCUT2D eigenvalue weighted by Crippen LogP contribution is -2.38. The lowest BCUT2D eigenvalue weighted by atomic mass is 10.3. The highest BCUT2D eigenvalue weighted by atomic mass is 35.5. The number of anilines is 1. The molecule has 0 heterocycles. The highest BCUT2D eigenvalue weighted by Gasteiger charge is 2.03. The van der Waals surface area contributed by atoms with E-state index in [0.29, 0.717) is 16.7 Å². The average molecular weight is 259 g/mol.